The number of hydrogen-bond donors (Lipinski definition) is 2. The standard InChI is InChI=1S/C21H19ClF3N5O2/c22-15-9-12(5-6-14(15)21(23,24)25)16(10-30-7-2-8-30)29-19-13-3-1-4-17(32-20(26)31)18(13)27-11-28-19/h1,3-6,9,11,16H,2,7-8,10H2,(H2,26,31)(H,27,28,29)/t16-/m1/s1. The molecule has 1 fully saturated rings. The largest absolute Gasteiger partial charge is 0.417 e. The zero-order valence-electron chi connectivity index (χ0n) is 16.7. The molecule has 7 nitrogen and oxygen atoms in total. The molecule has 0 aliphatic carbocycles. The minimum absolute atomic E-state index is 0.178. The topological polar surface area (TPSA) is 93.4 Å². The summed E-state index contributed by atoms with van der Waals surface area (Å²) in [6.07, 6.45) is -3.14. The van der Waals surface area contributed by atoms with Gasteiger partial charge >= 0.3 is 12.3 Å². The lowest BCUT2D eigenvalue weighted by Gasteiger charge is -2.35. The van der Waals surface area contributed by atoms with Crippen molar-refractivity contribution in [1.29, 1.82) is 0 Å². The number of nitrogens with two attached hydrogens (primary N) is 1. The first-order valence-electron chi connectivity index (χ1n) is 9.79. The number of primary amides is 1. The van der Waals surface area contributed by atoms with Crippen LogP contribution in [0, 0.1) is 0 Å². The van der Waals surface area contributed by atoms with Crippen molar-refractivity contribution in [3.05, 3.63) is 58.9 Å². The fourth-order valence-electron chi connectivity index (χ4n) is 3.57. The Labute approximate surface area is 186 Å². The van der Waals surface area contributed by atoms with Crippen LogP contribution in [0.3, 0.4) is 0 Å². The molecular weight excluding hydrogens is 447 g/mol. The van der Waals surface area contributed by atoms with Gasteiger partial charge in [0.05, 0.1) is 16.6 Å². The molecule has 1 aliphatic rings. The molecule has 168 valence electrons. The summed E-state index contributed by atoms with van der Waals surface area (Å²) in [5.41, 5.74) is 5.20. The number of anilines is 1. The summed E-state index contributed by atoms with van der Waals surface area (Å²) in [5, 5.41) is 3.50. The van der Waals surface area contributed by atoms with Crippen LogP contribution >= 0.6 is 11.6 Å². The predicted octanol–water partition coefficient (Wildman–Crippen LogP) is 4.62. The van der Waals surface area contributed by atoms with Gasteiger partial charge in [-0.3, -0.25) is 0 Å². The molecule has 2 aromatic carbocycles. The number of para-hydroxylation sites is 1. The highest BCUT2D eigenvalue weighted by atomic mass is 35.5. The van der Waals surface area contributed by atoms with Gasteiger partial charge in [-0.15, -0.1) is 0 Å². The molecule has 1 aliphatic heterocycles. The van der Waals surface area contributed by atoms with Crippen molar-refractivity contribution < 1.29 is 22.7 Å². The first-order valence-corrected chi connectivity index (χ1v) is 10.2. The number of carbonyl (C=O) groups is 1. The van der Waals surface area contributed by atoms with E-state index in [0.29, 0.717) is 28.8 Å². The molecule has 0 bridgehead atoms. The quantitative estimate of drug-likeness (QED) is 0.552. The molecule has 32 heavy (non-hydrogen) atoms. The van der Waals surface area contributed by atoms with Crippen LogP contribution in [-0.2, 0) is 6.18 Å². The van der Waals surface area contributed by atoms with Gasteiger partial charge in [0.25, 0.3) is 0 Å². The van der Waals surface area contributed by atoms with E-state index in [2.05, 4.69) is 20.2 Å². The fraction of sp³-hybridized carbons (Fsp3) is 0.286. The molecule has 3 aromatic rings. The fourth-order valence-corrected chi connectivity index (χ4v) is 3.86. The van der Waals surface area contributed by atoms with E-state index in [1.807, 2.05) is 0 Å². The van der Waals surface area contributed by atoms with E-state index < -0.39 is 23.9 Å². The van der Waals surface area contributed by atoms with Crippen LogP contribution in [0.15, 0.2) is 42.7 Å². The van der Waals surface area contributed by atoms with Gasteiger partial charge in [0, 0.05) is 11.9 Å². The zero-order chi connectivity index (χ0) is 22.9. The van der Waals surface area contributed by atoms with Gasteiger partial charge in [-0.2, -0.15) is 13.2 Å². The molecule has 0 spiro atoms. The lowest BCUT2D eigenvalue weighted by molar-refractivity contribution is -0.137. The van der Waals surface area contributed by atoms with Gasteiger partial charge in [-0.25, -0.2) is 14.8 Å². The first-order chi connectivity index (χ1) is 15.2. The number of nitrogens with one attached hydrogen (secondary N) is 1. The molecular formula is C21H19ClF3N5O2. The molecule has 11 heteroatoms. The number of carbonyl (C=O) groups excluding carboxylic acids is 1. The minimum Gasteiger partial charge on any atom is -0.408 e. The zero-order valence-corrected chi connectivity index (χ0v) is 17.5. The third-order valence-corrected chi connectivity index (χ3v) is 5.55. The Kier molecular flexibility index (Phi) is 6.07. The molecule has 1 aromatic heterocycles. The Hall–Kier alpha value is -3.11. The monoisotopic (exact) mass is 465 g/mol. The van der Waals surface area contributed by atoms with Crippen molar-refractivity contribution in [2.45, 2.75) is 18.6 Å². The molecule has 3 N–H and O–H groups in total. The summed E-state index contributed by atoms with van der Waals surface area (Å²) >= 11 is 5.96. The molecule has 0 unspecified atom stereocenters. The number of benzene rings is 2. The minimum atomic E-state index is -4.53. The van der Waals surface area contributed by atoms with E-state index in [9.17, 15) is 18.0 Å². The molecule has 4 rings (SSSR count). The molecule has 0 saturated carbocycles. The Bertz CT molecular complexity index is 1150. The Morgan fingerprint density at radius 2 is 2.03 bits per heavy atom. The maximum atomic E-state index is 13.1. The summed E-state index contributed by atoms with van der Waals surface area (Å²) in [6, 6.07) is 8.29. The number of fused-ring (bicyclic) bond motifs is 1. The van der Waals surface area contributed by atoms with Crippen LogP contribution < -0.4 is 15.8 Å². The van der Waals surface area contributed by atoms with E-state index in [4.69, 9.17) is 22.1 Å². The molecule has 1 amide bonds. The second-order valence-electron chi connectivity index (χ2n) is 7.38. The normalized spacial score (nSPS) is 15.2. The van der Waals surface area contributed by atoms with E-state index >= 15 is 0 Å². The van der Waals surface area contributed by atoms with Crippen LogP contribution in [0.4, 0.5) is 23.8 Å². The summed E-state index contributed by atoms with van der Waals surface area (Å²) < 4.78 is 44.4. The summed E-state index contributed by atoms with van der Waals surface area (Å²) in [7, 11) is 0. The Balaban J connectivity index is 1.70. The van der Waals surface area contributed by atoms with E-state index in [0.717, 1.165) is 25.6 Å². The maximum Gasteiger partial charge on any atom is 0.417 e. The highest BCUT2D eigenvalue weighted by Gasteiger charge is 2.33. The lowest BCUT2D eigenvalue weighted by atomic mass is 10.0. The number of halogens is 4. The number of alkyl halides is 3. The predicted molar refractivity (Wildman–Crippen MR) is 114 cm³/mol. The van der Waals surface area contributed by atoms with Crippen molar-refractivity contribution in [2.24, 2.45) is 5.73 Å². The average Bonchev–Trinajstić information content (AvgIpc) is 2.68. The lowest BCUT2D eigenvalue weighted by Crippen LogP contribution is -2.41. The number of likely N-dealkylation sites (tertiary alicyclic amines) is 1. The molecule has 1 atom stereocenters. The van der Waals surface area contributed by atoms with E-state index in [1.165, 1.54) is 18.5 Å². The number of amides is 1. The smallest absolute Gasteiger partial charge is 0.408 e. The summed E-state index contributed by atoms with van der Waals surface area (Å²) in [4.78, 5) is 21.8. The number of nitrogens with zero attached hydrogens (tertiary/aromatic N) is 3. The third-order valence-electron chi connectivity index (χ3n) is 5.24. The highest BCUT2D eigenvalue weighted by Crippen LogP contribution is 2.37. The van der Waals surface area contributed by atoms with Gasteiger partial charge in [-0.1, -0.05) is 23.7 Å². The highest BCUT2D eigenvalue weighted by molar-refractivity contribution is 6.31. The van der Waals surface area contributed by atoms with Crippen molar-refractivity contribution in [2.75, 3.05) is 25.0 Å². The van der Waals surface area contributed by atoms with Crippen LogP contribution in [0.1, 0.15) is 23.6 Å². The van der Waals surface area contributed by atoms with Crippen molar-refractivity contribution in [1.82, 2.24) is 14.9 Å². The SMILES string of the molecule is NC(=O)Oc1cccc2c(N[C@H](CN3CCC3)c3ccc(C(F)(F)F)c(Cl)c3)ncnc12. The maximum absolute atomic E-state index is 13.1. The van der Waals surface area contributed by atoms with Crippen LogP contribution in [-0.4, -0.2) is 40.6 Å². The van der Waals surface area contributed by atoms with Crippen molar-refractivity contribution in [3.8, 4) is 5.75 Å². The van der Waals surface area contributed by atoms with Gasteiger partial charge in [0.1, 0.15) is 17.7 Å². The Morgan fingerprint density at radius 1 is 1.25 bits per heavy atom. The molecule has 0 radical (unpaired) electrons. The summed E-state index contributed by atoms with van der Waals surface area (Å²) in [5.74, 6) is 0.615. The average molecular weight is 466 g/mol. The second-order valence-corrected chi connectivity index (χ2v) is 7.79. The third kappa shape index (κ3) is 4.71. The number of hydrogen-bond acceptors (Lipinski definition) is 6. The van der Waals surface area contributed by atoms with Gasteiger partial charge < -0.3 is 20.7 Å². The Morgan fingerprint density at radius 3 is 2.66 bits per heavy atom. The van der Waals surface area contributed by atoms with Crippen LogP contribution in [0.5, 0.6) is 5.75 Å². The number of ether oxygens (including phenoxy) is 1. The van der Waals surface area contributed by atoms with E-state index in [1.54, 1.807) is 18.2 Å². The molecule has 2 heterocycles. The number of rotatable bonds is 6. The van der Waals surface area contributed by atoms with E-state index in [-0.39, 0.29) is 10.8 Å². The van der Waals surface area contributed by atoms with Crippen molar-refractivity contribution in [3.63, 3.8) is 0 Å². The second kappa shape index (κ2) is 8.79. The van der Waals surface area contributed by atoms with Gasteiger partial charge in [-0.05, 0) is 49.3 Å². The van der Waals surface area contributed by atoms with Gasteiger partial charge in [0.2, 0.25) is 0 Å². The number of aromatic nitrogens is 2. The van der Waals surface area contributed by atoms with Crippen LogP contribution in [0.25, 0.3) is 10.9 Å². The molecule has 1 saturated heterocycles. The first kappa shape index (κ1) is 22.1. The van der Waals surface area contributed by atoms with Crippen LogP contribution in [0.2, 0.25) is 5.02 Å². The summed E-state index contributed by atoms with van der Waals surface area (Å²) in [6.45, 7) is 2.34. The van der Waals surface area contributed by atoms with Gasteiger partial charge in [0.15, 0.2) is 5.75 Å². The van der Waals surface area contributed by atoms with Crippen molar-refractivity contribution >= 4 is 34.4 Å².